The molecule has 1 aromatic carbocycles. The number of thiazole rings is 1. The molecule has 0 unspecified atom stereocenters. The average Bonchev–Trinajstić information content (AvgIpc) is 3.10. The molecule has 2 heterocycles. The minimum atomic E-state index is -3.31. The highest BCUT2D eigenvalue weighted by Gasteiger charge is 2.14. The Kier molecular flexibility index (Phi) is 4.44. The summed E-state index contributed by atoms with van der Waals surface area (Å²) in [5.74, 6) is -0.410. The van der Waals surface area contributed by atoms with Gasteiger partial charge in [-0.3, -0.25) is 9.48 Å². The van der Waals surface area contributed by atoms with E-state index in [2.05, 4.69) is 16.7 Å². The molecule has 0 fully saturated rings. The molecule has 0 bridgehead atoms. The fourth-order valence-electron chi connectivity index (χ4n) is 2.40. The summed E-state index contributed by atoms with van der Waals surface area (Å²) in [6.07, 6.45) is 4.39. The Bertz CT molecular complexity index is 1150. The summed E-state index contributed by atoms with van der Waals surface area (Å²) in [5.41, 5.74) is 1.17. The van der Waals surface area contributed by atoms with Crippen LogP contribution in [-0.4, -0.2) is 34.9 Å². The number of hydrogen-bond acceptors (Lipinski definition) is 5. The Labute approximate surface area is 148 Å². The molecule has 130 valence electrons. The molecule has 0 saturated heterocycles. The molecule has 0 radical (unpaired) electrons. The van der Waals surface area contributed by atoms with Gasteiger partial charge in [0.2, 0.25) is 0 Å². The van der Waals surface area contributed by atoms with Gasteiger partial charge in [-0.1, -0.05) is 17.4 Å². The highest BCUT2D eigenvalue weighted by molar-refractivity contribution is 7.90. The SMILES string of the molecule is C=CCn1c(=NC(=O)c2ccnn2C)sc2cc(S(C)(=O)=O)ccc21. The lowest BCUT2D eigenvalue weighted by atomic mass is 10.3. The lowest BCUT2D eigenvalue weighted by Crippen LogP contribution is -2.17. The first-order chi connectivity index (χ1) is 11.8. The summed E-state index contributed by atoms with van der Waals surface area (Å²) in [6.45, 7) is 4.18. The first kappa shape index (κ1) is 17.3. The first-order valence-corrected chi connectivity index (χ1v) is 10.0. The van der Waals surface area contributed by atoms with Gasteiger partial charge in [0.05, 0.1) is 15.1 Å². The number of rotatable bonds is 4. The van der Waals surface area contributed by atoms with E-state index in [1.807, 2.05) is 4.57 Å². The van der Waals surface area contributed by atoms with Gasteiger partial charge in [0.1, 0.15) is 5.69 Å². The van der Waals surface area contributed by atoms with Crippen LogP contribution in [0.3, 0.4) is 0 Å². The van der Waals surface area contributed by atoms with Crippen molar-refractivity contribution in [3.8, 4) is 0 Å². The largest absolute Gasteiger partial charge is 0.312 e. The van der Waals surface area contributed by atoms with Crippen LogP contribution in [0.15, 0.2) is 53.0 Å². The number of carbonyl (C=O) groups is 1. The predicted octanol–water partition coefficient (Wildman–Crippen LogP) is 1.77. The number of aromatic nitrogens is 3. The van der Waals surface area contributed by atoms with Gasteiger partial charge >= 0.3 is 0 Å². The van der Waals surface area contributed by atoms with E-state index in [9.17, 15) is 13.2 Å². The maximum Gasteiger partial charge on any atom is 0.297 e. The van der Waals surface area contributed by atoms with Crippen molar-refractivity contribution in [2.45, 2.75) is 11.4 Å². The standard InChI is InChI=1S/C16H16N4O3S2/c1-4-9-20-12-6-5-11(25(3,22)23)10-14(12)24-16(20)18-15(21)13-7-8-17-19(13)2/h4-8,10H,1,9H2,2-3H3. The third-order valence-electron chi connectivity index (χ3n) is 3.63. The number of nitrogens with zero attached hydrogens (tertiary/aromatic N) is 4. The Balaban J connectivity index is 2.21. The Hall–Kier alpha value is -2.52. The van der Waals surface area contributed by atoms with Crippen molar-refractivity contribution in [2.24, 2.45) is 12.0 Å². The number of fused-ring (bicyclic) bond motifs is 1. The van der Waals surface area contributed by atoms with E-state index in [1.54, 1.807) is 37.4 Å². The molecule has 0 spiro atoms. The lowest BCUT2D eigenvalue weighted by molar-refractivity contribution is 0.0989. The highest BCUT2D eigenvalue weighted by Crippen LogP contribution is 2.22. The van der Waals surface area contributed by atoms with E-state index in [-0.39, 0.29) is 4.90 Å². The molecule has 3 aromatic rings. The zero-order valence-electron chi connectivity index (χ0n) is 13.7. The topological polar surface area (TPSA) is 86.3 Å². The summed E-state index contributed by atoms with van der Waals surface area (Å²) >= 11 is 1.26. The number of aryl methyl sites for hydroxylation is 1. The van der Waals surface area contributed by atoms with Crippen molar-refractivity contribution in [2.75, 3.05) is 6.26 Å². The van der Waals surface area contributed by atoms with E-state index in [4.69, 9.17) is 0 Å². The molecule has 2 aromatic heterocycles. The number of benzene rings is 1. The van der Waals surface area contributed by atoms with E-state index in [0.717, 1.165) is 16.5 Å². The monoisotopic (exact) mass is 376 g/mol. The van der Waals surface area contributed by atoms with Crippen LogP contribution < -0.4 is 4.80 Å². The van der Waals surface area contributed by atoms with E-state index < -0.39 is 15.7 Å². The molecule has 25 heavy (non-hydrogen) atoms. The molecule has 0 atom stereocenters. The number of sulfone groups is 1. The van der Waals surface area contributed by atoms with Crippen molar-refractivity contribution in [3.63, 3.8) is 0 Å². The van der Waals surface area contributed by atoms with Crippen LogP contribution in [0.25, 0.3) is 10.2 Å². The van der Waals surface area contributed by atoms with Crippen LogP contribution in [0.1, 0.15) is 10.5 Å². The van der Waals surface area contributed by atoms with Gasteiger partial charge in [0.25, 0.3) is 5.91 Å². The number of carbonyl (C=O) groups excluding carboxylic acids is 1. The summed E-state index contributed by atoms with van der Waals surface area (Å²) in [4.78, 5) is 17.3. The normalized spacial score (nSPS) is 12.6. The molecule has 7 nitrogen and oxygen atoms in total. The minimum absolute atomic E-state index is 0.233. The fraction of sp³-hybridized carbons (Fsp3) is 0.188. The molecule has 0 N–H and O–H groups in total. The Morgan fingerprint density at radius 2 is 2.16 bits per heavy atom. The second-order valence-corrected chi connectivity index (χ2v) is 8.47. The van der Waals surface area contributed by atoms with Gasteiger partial charge < -0.3 is 4.57 Å². The highest BCUT2D eigenvalue weighted by atomic mass is 32.2. The van der Waals surface area contributed by atoms with Gasteiger partial charge in [0, 0.05) is 26.0 Å². The Morgan fingerprint density at radius 3 is 2.76 bits per heavy atom. The average molecular weight is 376 g/mol. The third kappa shape index (κ3) is 3.33. The predicted molar refractivity (Wildman–Crippen MR) is 96.2 cm³/mol. The maximum absolute atomic E-state index is 12.4. The van der Waals surface area contributed by atoms with Crippen LogP contribution in [0.5, 0.6) is 0 Å². The second kappa shape index (κ2) is 6.41. The quantitative estimate of drug-likeness (QED) is 0.650. The molecule has 3 rings (SSSR count). The summed E-state index contributed by atoms with van der Waals surface area (Å²) < 4.78 is 27.5. The Morgan fingerprint density at radius 1 is 1.40 bits per heavy atom. The fourth-order valence-corrected chi connectivity index (χ4v) is 4.20. The number of hydrogen-bond donors (Lipinski definition) is 0. The molecular formula is C16H16N4O3S2. The molecule has 0 aliphatic heterocycles. The third-order valence-corrected chi connectivity index (χ3v) is 5.78. The summed E-state index contributed by atoms with van der Waals surface area (Å²) in [7, 11) is -1.64. The molecule has 0 saturated carbocycles. The summed E-state index contributed by atoms with van der Waals surface area (Å²) in [5, 5.41) is 3.97. The number of amides is 1. The van der Waals surface area contributed by atoms with Crippen molar-refractivity contribution in [1.82, 2.24) is 14.3 Å². The molecular weight excluding hydrogens is 360 g/mol. The first-order valence-electron chi connectivity index (χ1n) is 7.32. The molecule has 0 aliphatic carbocycles. The van der Waals surface area contributed by atoms with Crippen molar-refractivity contribution >= 4 is 37.3 Å². The lowest BCUT2D eigenvalue weighted by Gasteiger charge is -2.02. The van der Waals surface area contributed by atoms with E-state index in [1.165, 1.54) is 22.2 Å². The summed E-state index contributed by atoms with van der Waals surface area (Å²) in [6, 6.07) is 6.47. The van der Waals surface area contributed by atoms with Gasteiger partial charge in [-0.05, 0) is 24.3 Å². The van der Waals surface area contributed by atoms with Crippen LogP contribution in [0.2, 0.25) is 0 Å². The van der Waals surface area contributed by atoms with Gasteiger partial charge in [-0.25, -0.2) is 8.42 Å². The van der Waals surface area contributed by atoms with Crippen LogP contribution in [-0.2, 0) is 23.4 Å². The van der Waals surface area contributed by atoms with Crippen LogP contribution in [0, 0.1) is 0 Å². The van der Waals surface area contributed by atoms with Crippen LogP contribution >= 0.6 is 11.3 Å². The van der Waals surface area contributed by atoms with Gasteiger partial charge in [-0.2, -0.15) is 10.1 Å². The molecule has 1 amide bonds. The minimum Gasteiger partial charge on any atom is -0.312 e. The van der Waals surface area contributed by atoms with Gasteiger partial charge in [0.15, 0.2) is 14.6 Å². The van der Waals surface area contributed by atoms with Crippen molar-refractivity contribution in [1.29, 1.82) is 0 Å². The second-order valence-electron chi connectivity index (χ2n) is 5.44. The number of allylic oxidation sites excluding steroid dienone is 1. The molecule has 0 aliphatic rings. The van der Waals surface area contributed by atoms with E-state index in [0.29, 0.717) is 17.0 Å². The van der Waals surface area contributed by atoms with E-state index >= 15 is 0 Å². The zero-order chi connectivity index (χ0) is 18.2. The van der Waals surface area contributed by atoms with Crippen LogP contribution in [0.4, 0.5) is 0 Å². The van der Waals surface area contributed by atoms with Gasteiger partial charge in [-0.15, -0.1) is 6.58 Å². The maximum atomic E-state index is 12.4. The van der Waals surface area contributed by atoms with Crippen molar-refractivity contribution < 1.29 is 13.2 Å². The smallest absolute Gasteiger partial charge is 0.297 e. The molecule has 9 heteroatoms. The van der Waals surface area contributed by atoms with Crippen molar-refractivity contribution in [3.05, 3.63) is 53.6 Å². The zero-order valence-corrected chi connectivity index (χ0v) is 15.3.